The Balaban J connectivity index is 0.000000371. The van der Waals surface area contributed by atoms with E-state index in [9.17, 15) is 0 Å². The van der Waals surface area contributed by atoms with Crippen molar-refractivity contribution in [2.24, 2.45) is 0 Å². The summed E-state index contributed by atoms with van der Waals surface area (Å²) in [5.74, 6) is 0. The molecule has 56 valence electrons. The lowest BCUT2D eigenvalue weighted by atomic mass is 10.2. The van der Waals surface area contributed by atoms with Crippen LogP contribution in [-0.4, -0.2) is 0 Å². The maximum atomic E-state index is 3.76. The summed E-state index contributed by atoms with van der Waals surface area (Å²) >= 11 is 0. The molecule has 0 heterocycles. The number of rotatable bonds is 1. The number of benzene rings is 1. The van der Waals surface area contributed by atoms with E-state index in [0.29, 0.717) is 0 Å². The summed E-state index contributed by atoms with van der Waals surface area (Å²) in [5, 5.41) is 0. The SMILES string of the molecule is CC.[NH3+]Cc1ccccc1. The molecular formula is C9H16N+. The van der Waals surface area contributed by atoms with Crippen LogP contribution in [0.5, 0.6) is 0 Å². The lowest BCUT2D eigenvalue weighted by Gasteiger charge is -1.87. The van der Waals surface area contributed by atoms with E-state index in [1.165, 1.54) is 5.56 Å². The summed E-state index contributed by atoms with van der Waals surface area (Å²) in [5.41, 5.74) is 5.05. The minimum atomic E-state index is 0.890. The normalized spacial score (nSPS) is 7.90. The third-order valence-corrected chi connectivity index (χ3v) is 1.13. The molecule has 0 aliphatic heterocycles. The van der Waals surface area contributed by atoms with E-state index in [1.54, 1.807) is 0 Å². The highest BCUT2D eigenvalue weighted by Crippen LogP contribution is 1.93. The van der Waals surface area contributed by atoms with Crippen LogP contribution in [0.4, 0.5) is 0 Å². The Bertz CT molecular complexity index is 146. The zero-order valence-corrected chi connectivity index (χ0v) is 6.80. The highest BCUT2D eigenvalue weighted by molar-refractivity contribution is 5.12. The van der Waals surface area contributed by atoms with Crippen molar-refractivity contribution in [3.05, 3.63) is 35.9 Å². The first-order chi connectivity index (χ1) is 4.93. The minimum absolute atomic E-state index is 0.890. The van der Waals surface area contributed by atoms with Crippen molar-refractivity contribution in [2.45, 2.75) is 20.4 Å². The predicted molar refractivity (Wildman–Crippen MR) is 44.4 cm³/mol. The van der Waals surface area contributed by atoms with Gasteiger partial charge in [-0.25, -0.2) is 0 Å². The summed E-state index contributed by atoms with van der Waals surface area (Å²) in [6, 6.07) is 10.2. The fourth-order valence-corrected chi connectivity index (χ4v) is 0.645. The first-order valence-corrected chi connectivity index (χ1v) is 3.76. The molecule has 0 aliphatic carbocycles. The molecule has 0 aliphatic rings. The van der Waals surface area contributed by atoms with Crippen molar-refractivity contribution < 1.29 is 5.73 Å². The van der Waals surface area contributed by atoms with E-state index in [1.807, 2.05) is 32.0 Å². The Hall–Kier alpha value is -0.820. The maximum Gasteiger partial charge on any atom is 0.0997 e. The van der Waals surface area contributed by atoms with Crippen LogP contribution in [0.1, 0.15) is 19.4 Å². The highest BCUT2D eigenvalue weighted by atomic mass is 14.5. The van der Waals surface area contributed by atoms with Gasteiger partial charge in [-0.15, -0.1) is 0 Å². The molecule has 0 bridgehead atoms. The topological polar surface area (TPSA) is 27.6 Å². The van der Waals surface area contributed by atoms with Gasteiger partial charge in [-0.1, -0.05) is 44.2 Å². The summed E-state index contributed by atoms with van der Waals surface area (Å²) in [6.07, 6.45) is 0. The minimum Gasteiger partial charge on any atom is -0.354 e. The van der Waals surface area contributed by atoms with Gasteiger partial charge in [0.1, 0.15) is 0 Å². The molecule has 0 spiro atoms. The number of hydrogen-bond acceptors (Lipinski definition) is 0. The summed E-state index contributed by atoms with van der Waals surface area (Å²) < 4.78 is 0. The van der Waals surface area contributed by atoms with Crippen LogP contribution in [0.3, 0.4) is 0 Å². The maximum absolute atomic E-state index is 3.76. The average molecular weight is 138 g/mol. The van der Waals surface area contributed by atoms with Gasteiger partial charge in [0.25, 0.3) is 0 Å². The molecule has 1 nitrogen and oxygen atoms in total. The molecule has 1 aromatic rings. The fourth-order valence-electron chi connectivity index (χ4n) is 0.645. The summed E-state index contributed by atoms with van der Waals surface area (Å²) in [7, 11) is 0. The van der Waals surface area contributed by atoms with E-state index in [-0.39, 0.29) is 0 Å². The monoisotopic (exact) mass is 138 g/mol. The summed E-state index contributed by atoms with van der Waals surface area (Å²) in [4.78, 5) is 0. The van der Waals surface area contributed by atoms with Gasteiger partial charge in [0.15, 0.2) is 0 Å². The van der Waals surface area contributed by atoms with Crippen molar-refractivity contribution in [1.29, 1.82) is 0 Å². The Morgan fingerprint density at radius 3 is 1.90 bits per heavy atom. The molecule has 1 aromatic carbocycles. The van der Waals surface area contributed by atoms with Crippen molar-refractivity contribution in [2.75, 3.05) is 0 Å². The van der Waals surface area contributed by atoms with Crippen LogP contribution in [0, 0.1) is 0 Å². The van der Waals surface area contributed by atoms with Crippen LogP contribution in [0.15, 0.2) is 30.3 Å². The molecule has 0 radical (unpaired) electrons. The Morgan fingerprint density at radius 2 is 1.60 bits per heavy atom. The third kappa shape index (κ3) is 3.25. The van der Waals surface area contributed by atoms with Crippen molar-refractivity contribution in [3.8, 4) is 0 Å². The molecule has 0 unspecified atom stereocenters. The van der Waals surface area contributed by atoms with E-state index < -0.39 is 0 Å². The Labute approximate surface area is 62.9 Å². The van der Waals surface area contributed by atoms with Crippen LogP contribution >= 0.6 is 0 Å². The van der Waals surface area contributed by atoms with Gasteiger partial charge in [0, 0.05) is 5.56 Å². The van der Waals surface area contributed by atoms with Crippen molar-refractivity contribution in [1.82, 2.24) is 0 Å². The molecule has 0 atom stereocenters. The summed E-state index contributed by atoms with van der Waals surface area (Å²) in [6.45, 7) is 4.89. The largest absolute Gasteiger partial charge is 0.354 e. The first-order valence-electron chi connectivity index (χ1n) is 3.76. The first kappa shape index (κ1) is 9.18. The van der Waals surface area contributed by atoms with Gasteiger partial charge in [-0.3, -0.25) is 0 Å². The second-order valence-electron chi connectivity index (χ2n) is 1.74. The second-order valence-corrected chi connectivity index (χ2v) is 1.74. The van der Waals surface area contributed by atoms with Crippen LogP contribution in [0.25, 0.3) is 0 Å². The number of quaternary nitrogens is 1. The molecule has 0 fully saturated rings. The standard InChI is InChI=1S/C7H9N.C2H6/c8-6-7-4-2-1-3-5-7;1-2/h1-5H,6,8H2;1-2H3/p+1. The second kappa shape index (κ2) is 6.30. The molecule has 1 rings (SSSR count). The van der Waals surface area contributed by atoms with Crippen molar-refractivity contribution >= 4 is 0 Å². The van der Waals surface area contributed by atoms with E-state index in [4.69, 9.17) is 0 Å². The molecule has 0 aromatic heterocycles. The molecule has 0 saturated carbocycles. The molecule has 3 N–H and O–H groups in total. The molecular weight excluding hydrogens is 122 g/mol. The highest BCUT2D eigenvalue weighted by Gasteiger charge is 1.82. The fraction of sp³-hybridized carbons (Fsp3) is 0.333. The lowest BCUT2D eigenvalue weighted by Crippen LogP contribution is -2.47. The quantitative estimate of drug-likeness (QED) is 0.608. The zero-order valence-electron chi connectivity index (χ0n) is 6.80. The smallest absolute Gasteiger partial charge is 0.0997 e. The average Bonchev–Trinajstić information content (AvgIpc) is 2.10. The van der Waals surface area contributed by atoms with Crippen LogP contribution < -0.4 is 5.73 Å². The van der Waals surface area contributed by atoms with E-state index in [2.05, 4.69) is 17.9 Å². The van der Waals surface area contributed by atoms with Gasteiger partial charge in [-0.05, 0) is 0 Å². The Kier molecular flexibility index (Phi) is 5.79. The zero-order chi connectivity index (χ0) is 7.82. The molecule has 0 saturated heterocycles. The van der Waals surface area contributed by atoms with Gasteiger partial charge in [0.05, 0.1) is 6.54 Å². The van der Waals surface area contributed by atoms with E-state index in [0.717, 1.165) is 6.54 Å². The van der Waals surface area contributed by atoms with Crippen LogP contribution in [-0.2, 0) is 6.54 Å². The van der Waals surface area contributed by atoms with Crippen molar-refractivity contribution in [3.63, 3.8) is 0 Å². The third-order valence-electron chi connectivity index (χ3n) is 1.13. The van der Waals surface area contributed by atoms with Gasteiger partial charge >= 0.3 is 0 Å². The van der Waals surface area contributed by atoms with E-state index >= 15 is 0 Å². The predicted octanol–water partition coefficient (Wildman–Crippen LogP) is 1.45. The lowest BCUT2D eigenvalue weighted by molar-refractivity contribution is -0.386. The van der Waals surface area contributed by atoms with Gasteiger partial charge in [0.2, 0.25) is 0 Å². The Morgan fingerprint density at radius 1 is 1.10 bits per heavy atom. The van der Waals surface area contributed by atoms with Crippen LogP contribution in [0.2, 0.25) is 0 Å². The molecule has 1 heteroatoms. The van der Waals surface area contributed by atoms with Gasteiger partial charge < -0.3 is 5.73 Å². The van der Waals surface area contributed by atoms with Gasteiger partial charge in [-0.2, -0.15) is 0 Å². The number of hydrogen-bond donors (Lipinski definition) is 1. The molecule has 10 heavy (non-hydrogen) atoms. The molecule has 0 amide bonds.